The number of fused-ring (bicyclic) bond motifs is 1. The lowest BCUT2D eigenvalue weighted by atomic mass is 9.98. The Morgan fingerprint density at radius 3 is 2.83 bits per heavy atom. The number of aliphatic hydroxyl groups excluding tert-OH is 1. The fourth-order valence-corrected chi connectivity index (χ4v) is 3.05. The Morgan fingerprint density at radius 1 is 1.26 bits per heavy atom. The van der Waals surface area contributed by atoms with Crippen molar-refractivity contribution in [2.75, 3.05) is 13.6 Å². The molecule has 4 heteroatoms. The molecule has 122 valence electrons. The maximum atomic E-state index is 13.2. The summed E-state index contributed by atoms with van der Waals surface area (Å²) in [6, 6.07) is 14.7. The maximum absolute atomic E-state index is 13.2. The third-order valence-electron chi connectivity index (χ3n) is 4.22. The summed E-state index contributed by atoms with van der Waals surface area (Å²) in [4.78, 5) is 2.09. The van der Waals surface area contributed by atoms with Crippen LogP contribution in [-0.4, -0.2) is 35.8 Å². The first kappa shape index (κ1) is 16.0. The topological polar surface area (TPSA) is 32.7 Å². The van der Waals surface area contributed by atoms with Gasteiger partial charge in [0, 0.05) is 13.1 Å². The Balaban J connectivity index is 1.56. The van der Waals surface area contributed by atoms with E-state index in [-0.39, 0.29) is 11.9 Å². The van der Waals surface area contributed by atoms with Gasteiger partial charge < -0.3 is 9.84 Å². The average molecular weight is 315 g/mol. The molecule has 3 rings (SSSR count). The van der Waals surface area contributed by atoms with Gasteiger partial charge in [0.15, 0.2) is 0 Å². The number of hydrogen-bond acceptors (Lipinski definition) is 3. The summed E-state index contributed by atoms with van der Waals surface area (Å²) >= 11 is 0. The number of benzene rings is 2. The molecule has 0 bridgehead atoms. The van der Waals surface area contributed by atoms with Crippen LogP contribution < -0.4 is 4.74 Å². The van der Waals surface area contributed by atoms with Crippen LogP contribution in [-0.2, 0) is 13.0 Å². The summed E-state index contributed by atoms with van der Waals surface area (Å²) in [6.07, 6.45) is 0.627. The normalized spacial score (nSPS) is 18.3. The van der Waals surface area contributed by atoms with Gasteiger partial charge in [0.05, 0.1) is 0 Å². The van der Waals surface area contributed by atoms with E-state index in [1.54, 1.807) is 6.07 Å². The number of nitrogens with zero attached hydrogens (tertiary/aromatic N) is 1. The first-order valence-electron chi connectivity index (χ1n) is 7.97. The lowest BCUT2D eigenvalue weighted by molar-refractivity contribution is 0.00494. The number of halogens is 1. The van der Waals surface area contributed by atoms with Crippen LogP contribution in [0.2, 0.25) is 0 Å². The van der Waals surface area contributed by atoms with E-state index in [1.165, 1.54) is 17.7 Å². The van der Waals surface area contributed by atoms with Crippen LogP contribution in [0.5, 0.6) is 5.75 Å². The molecule has 0 saturated carbocycles. The molecule has 2 atom stereocenters. The first-order valence-corrected chi connectivity index (χ1v) is 7.97. The van der Waals surface area contributed by atoms with Crippen molar-refractivity contribution in [3.05, 3.63) is 65.5 Å². The predicted octanol–water partition coefficient (Wildman–Crippen LogP) is 3.01. The monoisotopic (exact) mass is 315 g/mol. The van der Waals surface area contributed by atoms with Crippen LogP contribution in [0.25, 0.3) is 0 Å². The van der Waals surface area contributed by atoms with E-state index in [2.05, 4.69) is 17.0 Å². The van der Waals surface area contributed by atoms with Crippen LogP contribution in [0, 0.1) is 5.82 Å². The second-order valence-corrected chi connectivity index (χ2v) is 6.20. The largest absolute Gasteiger partial charge is 0.487 e. The van der Waals surface area contributed by atoms with Crippen molar-refractivity contribution >= 4 is 0 Å². The van der Waals surface area contributed by atoms with Crippen molar-refractivity contribution in [2.45, 2.75) is 31.6 Å². The summed E-state index contributed by atoms with van der Waals surface area (Å²) in [5.41, 5.74) is 2.10. The number of aliphatic hydroxyl groups is 1. The Morgan fingerprint density at radius 2 is 2.04 bits per heavy atom. The zero-order valence-electron chi connectivity index (χ0n) is 13.3. The van der Waals surface area contributed by atoms with Gasteiger partial charge in [-0.3, -0.25) is 4.90 Å². The van der Waals surface area contributed by atoms with Crippen molar-refractivity contribution in [1.82, 2.24) is 4.90 Å². The van der Waals surface area contributed by atoms with Gasteiger partial charge in [-0.1, -0.05) is 30.3 Å². The third-order valence-corrected chi connectivity index (χ3v) is 4.22. The standard InChI is InChI=1S/C19H22FNO2/c1-21(12-14-5-3-2-4-6-14)13-17(22)19-9-7-15-11-16(20)8-10-18(15)23-19/h2-6,8,10-11,17,19,22H,7,9,12-13H2,1H3. The smallest absolute Gasteiger partial charge is 0.126 e. The second-order valence-electron chi connectivity index (χ2n) is 6.20. The number of aryl methyl sites for hydroxylation is 1. The molecule has 2 aromatic carbocycles. The quantitative estimate of drug-likeness (QED) is 0.920. The summed E-state index contributed by atoms with van der Waals surface area (Å²) in [5, 5.41) is 10.5. The average Bonchev–Trinajstić information content (AvgIpc) is 2.55. The summed E-state index contributed by atoms with van der Waals surface area (Å²) in [5.74, 6) is 0.446. The molecule has 1 aliphatic heterocycles. The number of rotatable bonds is 5. The zero-order valence-corrected chi connectivity index (χ0v) is 13.3. The molecule has 0 spiro atoms. The fourth-order valence-electron chi connectivity index (χ4n) is 3.05. The van der Waals surface area contributed by atoms with Gasteiger partial charge in [-0.25, -0.2) is 4.39 Å². The molecule has 0 aliphatic carbocycles. The van der Waals surface area contributed by atoms with Crippen molar-refractivity contribution in [2.24, 2.45) is 0 Å². The molecular formula is C19H22FNO2. The highest BCUT2D eigenvalue weighted by Gasteiger charge is 2.27. The minimum absolute atomic E-state index is 0.242. The van der Waals surface area contributed by atoms with Gasteiger partial charge in [-0.05, 0) is 49.2 Å². The van der Waals surface area contributed by atoms with Gasteiger partial charge in [0.1, 0.15) is 23.8 Å². The predicted molar refractivity (Wildman–Crippen MR) is 87.9 cm³/mol. The van der Waals surface area contributed by atoms with Crippen molar-refractivity contribution in [1.29, 1.82) is 0 Å². The molecule has 2 aromatic rings. The Bertz CT molecular complexity index is 647. The van der Waals surface area contributed by atoms with Gasteiger partial charge in [-0.15, -0.1) is 0 Å². The van der Waals surface area contributed by atoms with E-state index in [4.69, 9.17) is 4.74 Å². The number of likely N-dealkylation sites (N-methyl/N-ethyl adjacent to an activating group) is 1. The zero-order chi connectivity index (χ0) is 16.2. The molecule has 0 aromatic heterocycles. The molecule has 0 saturated heterocycles. The molecule has 1 heterocycles. The number of hydrogen-bond donors (Lipinski definition) is 1. The van der Waals surface area contributed by atoms with Crippen molar-refractivity contribution < 1.29 is 14.2 Å². The lowest BCUT2D eigenvalue weighted by Crippen LogP contribution is -2.42. The van der Waals surface area contributed by atoms with E-state index in [1.807, 2.05) is 25.2 Å². The molecule has 0 radical (unpaired) electrons. The molecule has 23 heavy (non-hydrogen) atoms. The molecule has 0 amide bonds. The van der Waals surface area contributed by atoms with Gasteiger partial charge >= 0.3 is 0 Å². The Labute approximate surface area is 136 Å². The summed E-state index contributed by atoms with van der Waals surface area (Å²) < 4.78 is 19.1. The van der Waals surface area contributed by atoms with Crippen molar-refractivity contribution in [3.8, 4) is 5.75 Å². The Hall–Kier alpha value is -1.91. The van der Waals surface area contributed by atoms with E-state index >= 15 is 0 Å². The van der Waals surface area contributed by atoms with E-state index in [0.29, 0.717) is 18.7 Å². The van der Waals surface area contributed by atoms with Crippen LogP contribution in [0.15, 0.2) is 48.5 Å². The van der Waals surface area contributed by atoms with E-state index in [9.17, 15) is 9.50 Å². The highest BCUT2D eigenvalue weighted by Crippen LogP contribution is 2.29. The second kappa shape index (κ2) is 7.11. The van der Waals surface area contributed by atoms with Gasteiger partial charge in [-0.2, -0.15) is 0 Å². The third kappa shape index (κ3) is 4.09. The molecule has 2 unspecified atom stereocenters. The minimum atomic E-state index is -0.568. The highest BCUT2D eigenvalue weighted by atomic mass is 19.1. The van der Waals surface area contributed by atoms with Crippen LogP contribution in [0.3, 0.4) is 0 Å². The molecule has 0 fully saturated rings. The Kier molecular flexibility index (Phi) is 4.94. The first-order chi connectivity index (χ1) is 11.1. The molecule has 1 N–H and O–H groups in total. The summed E-state index contributed by atoms with van der Waals surface area (Å²) in [6.45, 7) is 1.32. The summed E-state index contributed by atoms with van der Waals surface area (Å²) in [7, 11) is 1.99. The van der Waals surface area contributed by atoms with E-state index in [0.717, 1.165) is 18.5 Å². The van der Waals surface area contributed by atoms with Crippen molar-refractivity contribution in [3.63, 3.8) is 0 Å². The molecule has 3 nitrogen and oxygen atoms in total. The SMILES string of the molecule is CN(Cc1ccccc1)CC(O)C1CCc2cc(F)ccc2O1. The number of ether oxygens (including phenoxy) is 1. The highest BCUT2D eigenvalue weighted by molar-refractivity contribution is 5.36. The maximum Gasteiger partial charge on any atom is 0.126 e. The fraction of sp³-hybridized carbons (Fsp3) is 0.368. The molecular weight excluding hydrogens is 293 g/mol. The molecule has 1 aliphatic rings. The van der Waals surface area contributed by atoms with Gasteiger partial charge in [0.2, 0.25) is 0 Å². The van der Waals surface area contributed by atoms with Crippen LogP contribution in [0.1, 0.15) is 17.5 Å². The van der Waals surface area contributed by atoms with E-state index < -0.39 is 6.10 Å². The van der Waals surface area contributed by atoms with Crippen LogP contribution >= 0.6 is 0 Å². The van der Waals surface area contributed by atoms with Crippen LogP contribution in [0.4, 0.5) is 4.39 Å². The lowest BCUT2D eigenvalue weighted by Gasteiger charge is -2.31. The van der Waals surface area contributed by atoms with Gasteiger partial charge in [0.25, 0.3) is 0 Å². The minimum Gasteiger partial charge on any atom is -0.487 e.